The number of rotatable bonds is 15. The second-order valence-electron chi connectivity index (χ2n) is 15.3. The van der Waals surface area contributed by atoms with E-state index < -0.39 is 30.1 Å². The van der Waals surface area contributed by atoms with Gasteiger partial charge in [0.05, 0.1) is 46.9 Å². The first-order chi connectivity index (χ1) is 27.6. The molecular formula is C39H47FN12O5. The fourth-order valence-corrected chi connectivity index (χ4v) is 7.73. The number of piperidine rings is 1. The van der Waals surface area contributed by atoms with Crippen LogP contribution in [0, 0.1) is 0 Å². The maximum atomic E-state index is 13.4. The number of anilines is 1. The monoisotopic (exact) mass is 782 g/mol. The molecule has 300 valence electrons. The number of carbonyl (C=O) groups is 4. The van der Waals surface area contributed by atoms with Gasteiger partial charge in [0.25, 0.3) is 5.91 Å². The molecule has 1 aliphatic carbocycles. The molecule has 3 fully saturated rings. The molecule has 3 atom stereocenters. The molecule has 2 aliphatic heterocycles. The highest BCUT2D eigenvalue weighted by Crippen LogP contribution is 2.29. The van der Waals surface area contributed by atoms with Crippen molar-refractivity contribution in [2.75, 3.05) is 32.0 Å². The number of aryl methyl sites for hydroxylation is 2. The van der Waals surface area contributed by atoms with E-state index in [2.05, 4.69) is 36.4 Å². The highest BCUT2D eigenvalue weighted by molar-refractivity contribution is 6.00. The SMILES string of the molecule is CNc1cc(-c2cnn(C3CN(C(=O)NCCCCCCCCc4ccc5c(c4)n(C)c(=O)n5C4CCC(=O)NC4=O)C3)c2)nn2c(C(=O)NC3C[C@@H]3F)cnc12. The number of aromatic nitrogens is 7. The molecule has 6 heterocycles. The first-order valence-electron chi connectivity index (χ1n) is 19.7. The maximum absolute atomic E-state index is 13.4. The maximum Gasteiger partial charge on any atom is 0.329 e. The molecule has 1 aromatic carbocycles. The van der Waals surface area contributed by atoms with E-state index >= 15 is 0 Å². The van der Waals surface area contributed by atoms with Crippen molar-refractivity contribution in [3.05, 3.63) is 64.6 Å². The topological polar surface area (TPSA) is 195 Å². The van der Waals surface area contributed by atoms with Crippen molar-refractivity contribution in [2.45, 2.75) is 88.5 Å². The number of nitrogens with zero attached hydrogens (tertiary/aromatic N) is 8. The van der Waals surface area contributed by atoms with Crippen LogP contribution in [0.4, 0.5) is 14.9 Å². The summed E-state index contributed by atoms with van der Waals surface area (Å²) in [5.74, 6) is -1.17. The standard InChI is InChI=1S/C39H47FN12O5/c1-41-29-17-27(47-52-33(19-43-35(29)52)37(55)45-28-16-26(28)40)24-18-44-50(20-24)25-21-49(22-25)38(56)42-14-8-6-4-3-5-7-9-23-10-11-30-32(15-23)48(2)39(57)51(30)31-12-13-34(53)46-36(31)54/h10-11,15,17-20,25-26,28,31,41H,3-9,12-14,16,21-22H2,1-2H3,(H,42,56)(H,45,55)(H,46,53,54)/t26-,28?,31?/m0/s1. The second-order valence-corrected chi connectivity index (χ2v) is 15.3. The number of alkyl halides is 1. The summed E-state index contributed by atoms with van der Waals surface area (Å²) in [6, 6.07) is 6.57. The number of likely N-dealkylation sites (tertiary alicyclic amines) is 1. The fraction of sp³-hybridized carbons (Fsp3) is 0.487. The molecule has 1 saturated carbocycles. The molecule has 4 N–H and O–H groups in total. The van der Waals surface area contributed by atoms with Gasteiger partial charge in [-0.1, -0.05) is 31.7 Å². The number of hydrogen-bond donors (Lipinski definition) is 4. The van der Waals surface area contributed by atoms with Crippen LogP contribution in [0.1, 0.15) is 85.9 Å². The molecule has 57 heavy (non-hydrogen) atoms. The lowest BCUT2D eigenvalue weighted by atomic mass is 10.0. The molecule has 4 aromatic heterocycles. The van der Waals surface area contributed by atoms with E-state index in [1.807, 2.05) is 35.1 Å². The number of imidazole rings is 2. The minimum Gasteiger partial charge on any atom is -0.385 e. The average Bonchev–Trinajstić information content (AvgIpc) is 3.49. The Kier molecular flexibility index (Phi) is 10.5. The number of benzene rings is 1. The van der Waals surface area contributed by atoms with Crippen LogP contribution >= 0.6 is 0 Å². The van der Waals surface area contributed by atoms with Crippen molar-refractivity contribution in [1.82, 2.24) is 54.4 Å². The zero-order chi connectivity index (χ0) is 39.8. The lowest BCUT2D eigenvalue weighted by molar-refractivity contribution is -0.135. The smallest absolute Gasteiger partial charge is 0.329 e. The van der Waals surface area contributed by atoms with Gasteiger partial charge in [-0.15, -0.1) is 0 Å². The predicted octanol–water partition coefficient (Wildman–Crippen LogP) is 3.26. The summed E-state index contributed by atoms with van der Waals surface area (Å²) in [7, 11) is 3.47. The third-order valence-corrected chi connectivity index (χ3v) is 11.3. The average molecular weight is 783 g/mol. The Morgan fingerprint density at radius 1 is 1.00 bits per heavy atom. The first-order valence-corrected chi connectivity index (χ1v) is 19.7. The number of halogens is 1. The summed E-state index contributed by atoms with van der Waals surface area (Å²) in [6.45, 7) is 1.70. The van der Waals surface area contributed by atoms with Crippen LogP contribution in [0.5, 0.6) is 0 Å². The molecule has 18 heteroatoms. The highest BCUT2D eigenvalue weighted by atomic mass is 19.1. The summed E-state index contributed by atoms with van der Waals surface area (Å²) < 4.78 is 19.8. The summed E-state index contributed by atoms with van der Waals surface area (Å²) in [6.07, 6.45) is 12.0. The normalized spacial score (nSPS) is 19.5. The van der Waals surface area contributed by atoms with Gasteiger partial charge in [-0.25, -0.2) is 23.5 Å². The third kappa shape index (κ3) is 7.72. The van der Waals surface area contributed by atoms with E-state index in [0.29, 0.717) is 55.0 Å². The molecule has 2 saturated heterocycles. The summed E-state index contributed by atoms with van der Waals surface area (Å²) in [5, 5.41) is 20.4. The van der Waals surface area contributed by atoms with Crippen molar-refractivity contribution in [3.63, 3.8) is 0 Å². The largest absolute Gasteiger partial charge is 0.385 e. The van der Waals surface area contributed by atoms with Crippen molar-refractivity contribution in [2.24, 2.45) is 7.05 Å². The second kappa shape index (κ2) is 15.8. The Hall–Kier alpha value is -6.07. The molecule has 2 unspecified atom stereocenters. The molecule has 8 rings (SSSR count). The van der Waals surface area contributed by atoms with Gasteiger partial charge in [0.15, 0.2) is 11.3 Å². The predicted molar refractivity (Wildman–Crippen MR) is 209 cm³/mol. The van der Waals surface area contributed by atoms with Gasteiger partial charge in [-0.3, -0.25) is 33.5 Å². The number of nitrogens with one attached hydrogen (secondary N) is 4. The summed E-state index contributed by atoms with van der Waals surface area (Å²) in [4.78, 5) is 68.8. The van der Waals surface area contributed by atoms with Crippen LogP contribution < -0.4 is 27.0 Å². The first kappa shape index (κ1) is 37.8. The molecule has 3 aliphatic rings. The van der Waals surface area contributed by atoms with Crippen molar-refractivity contribution in [1.29, 1.82) is 0 Å². The van der Waals surface area contributed by atoms with E-state index in [1.165, 1.54) is 15.3 Å². The van der Waals surface area contributed by atoms with Gasteiger partial charge in [0.1, 0.15) is 12.2 Å². The molecule has 0 radical (unpaired) electrons. The van der Waals surface area contributed by atoms with Gasteiger partial charge in [0, 0.05) is 58.3 Å². The van der Waals surface area contributed by atoms with E-state index in [4.69, 9.17) is 0 Å². The number of fused-ring (bicyclic) bond motifs is 2. The zero-order valence-corrected chi connectivity index (χ0v) is 32.0. The molecule has 0 bridgehead atoms. The minimum atomic E-state index is -1.02. The van der Waals surface area contributed by atoms with E-state index in [0.717, 1.165) is 61.6 Å². The quantitative estimate of drug-likeness (QED) is 0.0911. The van der Waals surface area contributed by atoms with Gasteiger partial charge in [0.2, 0.25) is 11.8 Å². The van der Waals surface area contributed by atoms with Crippen LogP contribution in [0.25, 0.3) is 27.9 Å². The molecule has 5 aromatic rings. The van der Waals surface area contributed by atoms with Gasteiger partial charge >= 0.3 is 11.7 Å². The Morgan fingerprint density at radius 2 is 1.77 bits per heavy atom. The van der Waals surface area contributed by atoms with Gasteiger partial charge in [-0.05, 0) is 49.4 Å². The summed E-state index contributed by atoms with van der Waals surface area (Å²) >= 11 is 0. The number of urea groups is 1. The number of hydrogen-bond acceptors (Lipinski definition) is 9. The van der Waals surface area contributed by atoms with E-state index in [1.54, 1.807) is 29.8 Å². The van der Waals surface area contributed by atoms with Crippen LogP contribution in [0.15, 0.2) is 47.7 Å². The van der Waals surface area contributed by atoms with Crippen LogP contribution in [-0.2, 0) is 23.1 Å². The lowest BCUT2D eigenvalue weighted by Crippen LogP contribution is -2.54. The lowest BCUT2D eigenvalue weighted by Gasteiger charge is -2.39. The Balaban J connectivity index is 0.736. The van der Waals surface area contributed by atoms with E-state index in [-0.39, 0.29) is 35.8 Å². The number of carbonyl (C=O) groups excluding carboxylic acids is 4. The fourth-order valence-electron chi connectivity index (χ4n) is 7.73. The van der Waals surface area contributed by atoms with Crippen molar-refractivity contribution < 1.29 is 23.6 Å². The molecular weight excluding hydrogens is 736 g/mol. The number of unbranched alkanes of at least 4 members (excludes halogenated alkanes) is 5. The molecule has 0 spiro atoms. The zero-order valence-electron chi connectivity index (χ0n) is 32.0. The van der Waals surface area contributed by atoms with Crippen LogP contribution in [0.3, 0.4) is 0 Å². The van der Waals surface area contributed by atoms with Crippen molar-refractivity contribution >= 4 is 46.1 Å². The third-order valence-electron chi connectivity index (χ3n) is 11.3. The minimum absolute atomic E-state index is 0.0338. The highest BCUT2D eigenvalue weighted by Gasteiger charge is 2.39. The van der Waals surface area contributed by atoms with Gasteiger partial charge < -0.3 is 20.9 Å². The Morgan fingerprint density at radius 3 is 2.53 bits per heavy atom. The Bertz CT molecular complexity index is 2410. The number of amides is 5. The summed E-state index contributed by atoms with van der Waals surface area (Å²) in [5.41, 5.74) is 5.06. The molecule has 5 amide bonds. The van der Waals surface area contributed by atoms with Crippen LogP contribution in [0.2, 0.25) is 0 Å². The number of imide groups is 1. The van der Waals surface area contributed by atoms with Crippen molar-refractivity contribution in [3.8, 4) is 11.3 Å². The Labute approximate surface area is 327 Å². The van der Waals surface area contributed by atoms with E-state index in [9.17, 15) is 28.4 Å². The van der Waals surface area contributed by atoms with Gasteiger partial charge in [-0.2, -0.15) is 10.2 Å². The van der Waals surface area contributed by atoms with Crippen LogP contribution in [-0.4, -0.2) is 101 Å². The molecule has 17 nitrogen and oxygen atoms in total.